The summed E-state index contributed by atoms with van der Waals surface area (Å²) in [5.74, 6) is 0.0610. The molecule has 0 radical (unpaired) electrons. The fraction of sp³-hybridized carbons (Fsp3) is 0.667. The molecule has 1 aliphatic rings. The van der Waals surface area contributed by atoms with Crippen LogP contribution in [0.3, 0.4) is 0 Å². The van der Waals surface area contributed by atoms with Crippen LogP contribution in [0.4, 0.5) is 0 Å². The fourth-order valence-electron chi connectivity index (χ4n) is 1.27. The van der Waals surface area contributed by atoms with Crippen molar-refractivity contribution >= 4 is 5.78 Å². The third-order valence-corrected chi connectivity index (χ3v) is 1.96. The summed E-state index contributed by atoms with van der Waals surface area (Å²) in [7, 11) is 0. The number of allylic oxidation sites excluding steroid dienone is 1. The number of ketones is 1. The summed E-state index contributed by atoms with van der Waals surface area (Å²) >= 11 is 0. The van der Waals surface area contributed by atoms with E-state index in [-0.39, 0.29) is 12.4 Å². The molecule has 0 spiro atoms. The van der Waals surface area contributed by atoms with Crippen LogP contribution in [0.1, 0.15) is 13.3 Å². The summed E-state index contributed by atoms with van der Waals surface area (Å²) in [5.41, 5.74) is 0.247. The first kappa shape index (κ1) is 10.2. The minimum Gasteiger partial charge on any atom is -0.394 e. The quantitative estimate of drug-likeness (QED) is 0.624. The molecular formula is C9H15NO3. The smallest absolute Gasteiger partial charge is 0.135 e. The minimum atomic E-state index is -0.396. The number of nitrogens with one attached hydrogen (secondary N) is 1. The number of hydrogen-bond acceptors (Lipinski definition) is 4. The monoisotopic (exact) mass is 185 g/mol. The highest BCUT2D eigenvalue weighted by Gasteiger charge is 2.38. The molecule has 0 aliphatic carbocycles. The van der Waals surface area contributed by atoms with Crippen LogP contribution < -0.4 is 5.32 Å². The van der Waals surface area contributed by atoms with Crippen LogP contribution in [0.5, 0.6) is 0 Å². The van der Waals surface area contributed by atoms with E-state index in [2.05, 4.69) is 11.9 Å². The molecule has 0 aromatic carbocycles. The van der Waals surface area contributed by atoms with Crippen LogP contribution in [0, 0.1) is 0 Å². The number of aliphatic hydroxyl groups excluding tert-OH is 1. The van der Waals surface area contributed by atoms with Crippen molar-refractivity contribution in [3.8, 4) is 0 Å². The van der Waals surface area contributed by atoms with Crippen molar-refractivity contribution in [2.24, 2.45) is 0 Å². The summed E-state index contributed by atoms with van der Waals surface area (Å²) in [6, 6.07) is 0. The van der Waals surface area contributed by atoms with Crippen LogP contribution >= 0.6 is 0 Å². The SMILES string of the molecule is C=C(CC(C)=O)NC1(CO)COC1. The molecule has 1 heterocycles. The van der Waals surface area contributed by atoms with Gasteiger partial charge in [-0.3, -0.25) is 4.79 Å². The van der Waals surface area contributed by atoms with Gasteiger partial charge in [0.05, 0.1) is 19.8 Å². The number of carbonyl (C=O) groups excluding carboxylic acids is 1. The Labute approximate surface area is 77.6 Å². The minimum absolute atomic E-state index is 0.00389. The molecule has 0 atom stereocenters. The normalized spacial score (nSPS) is 18.9. The molecule has 4 heteroatoms. The Morgan fingerprint density at radius 1 is 1.69 bits per heavy atom. The van der Waals surface area contributed by atoms with E-state index in [0.29, 0.717) is 25.3 Å². The molecule has 4 nitrogen and oxygen atoms in total. The summed E-state index contributed by atoms with van der Waals surface area (Å²) in [5, 5.41) is 12.1. The van der Waals surface area contributed by atoms with E-state index in [1.807, 2.05) is 0 Å². The number of ether oxygens (including phenoxy) is 1. The zero-order valence-corrected chi connectivity index (χ0v) is 7.80. The van der Waals surface area contributed by atoms with Crippen LogP contribution in [0.2, 0.25) is 0 Å². The van der Waals surface area contributed by atoms with Gasteiger partial charge >= 0.3 is 0 Å². The molecule has 1 rings (SSSR count). The average Bonchev–Trinajstić information content (AvgIpc) is 1.95. The first-order chi connectivity index (χ1) is 6.08. The number of hydrogen-bond donors (Lipinski definition) is 2. The zero-order valence-electron chi connectivity index (χ0n) is 7.80. The lowest BCUT2D eigenvalue weighted by atomic mass is 9.98. The van der Waals surface area contributed by atoms with Gasteiger partial charge in [0.2, 0.25) is 0 Å². The lowest BCUT2D eigenvalue weighted by Gasteiger charge is -2.41. The summed E-state index contributed by atoms with van der Waals surface area (Å²) in [6.45, 7) is 6.17. The van der Waals surface area contributed by atoms with E-state index >= 15 is 0 Å². The highest BCUT2D eigenvalue weighted by atomic mass is 16.5. The Hall–Kier alpha value is -0.870. The average molecular weight is 185 g/mol. The van der Waals surface area contributed by atoms with Crippen LogP contribution in [0.25, 0.3) is 0 Å². The Kier molecular flexibility index (Phi) is 3.06. The van der Waals surface area contributed by atoms with Gasteiger partial charge in [0.15, 0.2) is 0 Å². The van der Waals surface area contributed by atoms with Crippen molar-refractivity contribution in [3.63, 3.8) is 0 Å². The van der Waals surface area contributed by atoms with Crippen molar-refractivity contribution < 1.29 is 14.6 Å². The molecule has 2 N–H and O–H groups in total. The number of Topliss-reactive ketones (excluding diaryl/α,β-unsaturated/α-hetero) is 1. The van der Waals surface area contributed by atoms with Gasteiger partial charge in [-0.2, -0.15) is 0 Å². The standard InChI is InChI=1S/C9H15NO3/c1-7(3-8(2)12)10-9(4-11)5-13-6-9/h10-11H,1,3-6H2,2H3. The van der Waals surface area contributed by atoms with E-state index in [4.69, 9.17) is 9.84 Å². The van der Waals surface area contributed by atoms with Gasteiger partial charge in [-0.1, -0.05) is 6.58 Å². The third-order valence-electron chi connectivity index (χ3n) is 1.96. The molecular weight excluding hydrogens is 170 g/mol. The maximum absolute atomic E-state index is 10.7. The molecule has 0 bridgehead atoms. The second kappa shape index (κ2) is 3.89. The van der Waals surface area contributed by atoms with Crippen LogP contribution in [-0.2, 0) is 9.53 Å². The van der Waals surface area contributed by atoms with Gasteiger partial charge in [0.25, 0.3) is 0 Å². The van der Waals surface area contributed by atoms with Crippen molar-refractivity contribution in [2.75, 3.05) is 19.8 Å². The van der Waals surface area contributed by atoms with E-state index in [0.717, 1.165) is 0 Å². The van der Waals surface area contributed by atoms with Gasteiger partial charge < -0.3 is 15.2 Å². The van der Waals surface area contributed by atoms with E-state index in [1.54, 1.807) is 0 Å². The maximum atomic E-state index is 10.7. The molecule has 13 heavy (non-hydrogen) atoms. The largest absolute Gasteiger partial charge is 0.394 e. The molecule has 0 saturated carbocycles. The zero-order chi connectivity index (χ0) is 9.90. The second-order valence-electron chi connectivity index (χ2n) is 3.54. The summed E-state index contributed by atoms with van der Waals surface area (Å²) in [4.78, 5) is 10.7. The predicted octanol–water partition coefficient (Wildman–Crippen LogP) is -0.170. The summed E-state index contributed by atoms with van der Waals surface area (Å²) < 4.78 is 4.99. The Balaban J connectivity index is 2.38. The first-order valence-corrected chi connectivity index (χ1v) is 4.22. The summed E-state index contributed by atoms with van der Waals surface area (Å²) in [6.07, 6.45) is 0.307. The van der Waals surface area contributed by atoms with Gasteiger partial charge in [0.1, 0.15) is 11.3 Å². The second-order valence-corrected chi connectivity index (χ2v) is 3.54. The van der Waals surface area contributed by atoms with Crippen molar-refractivity contribution in [1.29, 1.82) is 0 Å². The van der Waals surface area contributed by atoms with Crippen LogP contribution in [-0.4, -0.2) is 36.2 Å². The topological polar surface area (TPSA) is 58.6 Å². The maximum Gasteiger partial charge on any atom is 0.135 e. The molecule has 0 amide bonds. The van der Waals surface area contributed by atoms with Crippen molar-refractivity contribution in [3.05, 3.63) is 12.3 Å². The molecule has 0 unspecified atom stereocenters. The Morgan fingerprint density at radius 3 is 2.62 bits per heavy atom. The molecule has 1 aliphatic heterocycles. The van der Waals surface area contributed by atoms with Gasteiger partial charge in [-0.15, -0.1) is 0 Å². The fourth-order valence-corrected chi connectivity index (χ4v) is 1.27. The van der Waals surface area contributed by atoms with E-state index < -0.39 is 5.54 Å². The third kappa shape index (κ3) is 2.54. The first-order valence-electron chi connectivity index (χ1n) is 4.22. The Bertz CT molecular complexity index is 215. The number of rotatable bonds is 5. The van der Waals surface area contributed by atoms with E-state index in [1.165, 1.54) is 6.92 Å². The van der Waals surface area contributed by atoms with Gasteiger partial charge in [-0.05, 0) is 6.92 Å². The van der Waals surface area contributed by atoms with Gasteiger partial charge in [-0.25, -0.2) is 0 Å². The molecule has 1 saturated heterocycles. The van der Waals surface area contributed by atoms with Crippen molar-refractivity contribution in [2.45, 2.75) is 18.9 Å². The number of carbonyl (C=O) groups is 1. The molecule has 0 aromatic rings. The molecule has 74 valence electrons. The molecule has 0 aromatic heterocycles. The highest BCUT2D eigenvalue weighted by molar-refractivity contribution is 5.77. The van der Waals surface area contributed by atoms with E-state index in [9.17, 15) is 4.79 Å². The predicted molar refractivity (Wildman–Crippen MR) is 48.2 cm³/mol. The highest BCUT2D eigenvalue weighted by Crippen LogP contribution is 2.18. The Morgan fingerprint density at radius 2 is 2.31 bits per heavy atom. The number of aliphatic hydroxyl groups is 1. The van der Waals surface area contributed by atoms with Crippen LogP contribution in [0.15, 0.2) is 12.3 Å². The lowest BCUT2D eigenvalue weighted by molar-refractivity contribution is -0.117. The lowest BCUT2D eigenvalue weighted by Crippen LogP contribution is -2.62. The molecule has 1 fully saturated rings. The van der Waals surface area contributed by atoms with Crippen molar-refractivity contribution in [1.82, 2.24) is 5.32 Å². The van der Waals surface area contributed by atoms with Gasteiger partial charge in [0, 0.05) is 12.1 Å².